The zero-order chi connectivity index (χ0) is 20.6. The third kappa shape index (κ3) is 4.01. The molecule has 2 aromatic rings. The van der Waals surface area contributed by atoms with Gasteiger partial charge in [-0.3, -0.25) is 13.9 Å². The Morgan fingerprint density at radius 2 is 1.79 bits per heavy atom. The molecule has 3 rings (SSSR count). The van der Waals surface area contributed by atoms with Crippen molar-refractivity contribution < 1.29 is 18.0 Å². The number of amides is 2. The summed E-state index contributed by atoms with van der Waals surface area (Å²) >= 11 is 0. The van der Waals surface area contributed by atoms with Gasteiger partial charge in [-0.15, -0.1) is 0 Å². The largest absolute Gasteiger partial charge is 0.325 e. The molecular weight excluding hydrogens is 378 g/mol. The van der Waals surface area contributed by atoms with Crippen molar-refractivity contribution in [2.45, 2.75) is 33.2 Å². The van der Waals surface area contributed by atoms with Crippen LogP contribution in [-0.2, 0) is 21.2 Å². The van der Waals surface area contributed by atoms with Gasteiger partial charge >= 0.3 is 0 Å². The van der Waals surface area contributed by atoms with Gasteiger partial charge in [0.25, 0.3) is 5.91 Å². The Bertz CT molecular complexity index is 1060. The Labute approximate surface area is 164 Å². The van der Waals surface area contributed by atoms with E-state index in [1.165, 1.54) is 17.5 Å². The van der Waals surface area contributed by atoms with Crippen LogP contribution in [-0.4, -0.2) is 32.5 Å². The van der Waals surface area contributed by atoms with Crippen LogP contribution < -0.4 is 14.9 Å². The van der Waals surface area contributed by atoms with Crippen LogP contribution in [0.3, 0.4) is 0 Å². The Hall–Kier alpha value is -2.87. The third-order valence-corrected chi connectivity index (χ3v) is 5.86. The summed E-state index contributed by atoms with van der Waals surface area (Å²) in [5.74, 6) is -0.558. The maximum absolute atomic E-state index is 12.8. The van der Waals surface area contributed by atoms with E-state index in [0.717, 1.165) is 11.1 Å². The van der Waals surface area contributed by atoms with E-state index >= 15 is 0 Å². The van der Waals surface area contributed by atoms with Gasteiger partial charge in [-0.05, 0) is 61.7 Å². The van der Waals surface area contributed by atoms with E-state index in [-0.39, 0.29) is 17.9 Å². The molecule has 148 valence electrons. The molecule has 0 saturated carbocycles. The zero-order valence-electron chi connectivity index (χ0n) is 16.2. The molecule has 0 spiro atoms. The molecule has 1 aliphatic rings. The van der Waals surface area contributed by atoms with E-state index in [1.807, 2.05) is 19.9 Å². The van der Waals surface area contributed by atoms with E-state index < -0.39 is 10.0 Å². The summed E-state index contributed by atoms with van der Waals surface area (Å²) < 4.78 is 25.5. The van der Waals surface area contributed by atoms with Crippen LogP contribution in [0.25, 0.3) is 0 Å². The fraction of sp³-hybridized carbons (Fsp3) is 0.300. The van der Waals surface area contributed by atoms with Gasteiger partial charge < -0.3 is 10.6 Å². The molecule has 2 N–H and O–H groups in total. The van der Waals surface area contributed by atoms with Crippen molar-refractivity contribution in [3.05, 3.63) is 53.1 Å². The first-order chi connectivity index (χ1) is 13.1. The molecule has 0 aromatic heterocycles. The molecule has 1 aliphatic heterocycles. The summed E-state index contributed by atoms with van der Waals surface area (Å²) in [6, 6.07) is 10.2. The van der Waals surface area contributed by atoms with Crippen molar-refractivity contribution in [3.8, 4) is 0 Å². The van der Waals surface area contributed by atoms with Crippen molar-refractivity contribution in [1.29, 1.82) is 0 Å². The summed E-state index contributed by atoms with van der Waals surface area (Å²) in [6.45, 7) is 5.14. The number of sulfonamides is 1. The van der Waals surface area contributed by atoms with Gasteiger partial charge in [0.15, 0.2) is 0 Å². The van der Waals surface area contributed by atoms with E-state index in [1.54, 1.807) is 30.3 Å². The fourth-order valence-electron chi connectivity index (χ4n) is 3.50. The van der Waals surface area contributed by atoms with Crippen LogP contribution in [0.1, 0.15) is 35.3 Å². The molecule has 1 heterocycles. The summed E-state index contributed by atoms with van der Waals surface area (Å²) in [5.41, 5.74) is 3.82. The lowest BCUT2D eigenvalue weighted by atomic mass is 10.1. The van der Waals surface area contributed by atoms with Crippen molar-refractivity contribution in [2.24, 2.45) is 0 Å². The number of hydrogen-bond acceptors (Lipinski definition) is 4. The topological polar surface area (TPSA) is 95.6 Å². The smallest absolute Gasteiger partial charge is 0.255 e. The molecule has 0 radical (unpaired) electrons. The molecule has 2 aromatic carbocycles. The minimum Gasteiger partial charge on any atom is -0.325 e. The van der Waals surface area contributed by atoms with Gasteiger partial charge in [0.1, 0.15) is 0 Å². The quantitative estimate of drug-likeness (QED) is 0.823. The maximum Gasteiger partial charge on any atom is 0.255 e. The number of anilines is 3. The van der Waals surface area contributed by atoms with Crippen molar-refractivity contribution in [3.63, 3.8) is 0 Å². The van der Waals surface area contributed by atoms with Crippen LogP contribution in [0.5, 0.6) is 0 Å². The SMILES string of the molecule is CC(=O)Nc1ccc(C)cc1NC(=O)c1ccc2c(c1)CC(C)N2S(C)(=O)=O. The van der Waals surface area contributed by atoms with E-state index in [4.69, 9.17) is 0 Å². The summed E-state index contributed by atoms with van der Waals surface area (Å²) in [5, 5.41) is 5.53. The zero-order valence-corrected chi connectivity index (χ0v) is 17.1. The highest BCUT2D eigenvalue weighted by molar-refractivity contribution is 7.92. The molecule has 1 unspecified atom stereocenters. The van der Waals surface area contributed by atoms with Crippen molar-refractivity contribution in [1.82, 2.24) is 0 Å². The Balaban J connectivity index is 1.89. The lowest BCUT2D eigenvalue weighted by Gasteiger charge is -2.22. The molecule has 8 heteroatoms. The van der Waals surface area contributed by atoms with Crippen LogP contribution >= 0.6 is 0 Å². The van der Waals surface area contributed by atoms with Crippen LogP contribution in [0, 0.1) is 6.92 Å². The number of benzene rings is 2. The van der Waals surface area contributed by atoms with Gasteiger partial charge in [0.05, 0.1) is 23.3 Å². The van der Waals surface area contributed by atoms with Gasteiger partial charge in [0, 0.05) is 18.5 Å². The lowest BCUT2D eigenvalue weighted by Crippen LogP contribution is -2.34. The third-order valence-electron chi connectivity index (χ3n) is 4.59. The first kappa shape index (κ1) is 19.9. The fourth-order valence-corrected chi connectivity index (χ4v) is 4.77. The Kier molecular flexibility index (Phi) is 5.16. The van der Waals surface area contributed by atoms with Gasteiger partial charge in [-0.1, -0.05) is 6.07 Å². The van der Waals surface area contributed by atoms with E-state index in [2.05, 4.69) is 10.6 Å². The van der Waals surface area contributed by atoms with Crippen LogP contribution in [0.15, 0.2) is 36.4 Å². The maximum atomic E-state index is 12.8. The normalized spacial score (nSPS) is 15.9. The second-order valence-corrected chi connectivity index (χ2v) is 9.00. The number of hydrogen-bond donors (Lipinski definition) is 2. The minimum absolute atomic E-state index is 0.188. The average Bonchev–Trinajstić information content (AvgIpc) is 2.91. The number of carbonyl (C=O) groups is 2. The number of nitrogens with one attached hydrogen (secondary N) is 2. The number of fused-ring (bicyclic) bond motifs is 1. The van der Waals surface area contributed by atoms with Crippen LogP contribution in [0.2, 0.25) is 0 Å². The minimum atomic E-state index is -3.38. The highest BCUT2D eigenvalue weighted by atomic mass is 32.2. The molecule has 0 fully saturated rings. The number of carbonyl (C=O) groups excluding carboxylic acids is 2. The van der Waals surface area contributed by atoms with Crippen LogP contribution in [0.4, 0.5) is 17.1 Å². The second-order valence-electron chi connectivity index (χ2n) is 7.14. The first-order valence-electron chi connectivity index (χ1n) is 8.88. The van der Waals surface area contributed by atoms with E-state index in [0.29, 0.717) is 29.0 Å². The van der Waals surface area contributed by atoms with Gasteiger partial charge in [-0.2, -0.15) is 0 Å². The molecule has 0 saturated heterocycles. The second kappa shape index (κ2) is 7.27. The number of rotatable bonds is 4. The molecular formula is C20H23N3O4S. The summed E-state index contributed by atoms with van der Waals surface area (Å²) in [4.78, 5) is 24.2. The molecule has 0 aliphatic carbocycles. The molecule has 1 atom stereocenters. The number of aryl methyl sites for hydroxylation is 1. The average molecular weight is 401 g/mol. The monoisotopic (exact) mass is 401 g/mol. The molecule has 2 amide bonds. The van der Waals surface area contributed by atoms with Gasteiger partial charge in [-0.25, -0.2) is 8.42 Å². The van der Waals surface area contributed by atoms with E-state index in [9.17, 15) is 18.0 Å². The first-order valence-corrected chi connectivity index (χ1v) is 10.7. The standard InChI is InChI=1S/C20H23N3O4S/c1-12-5-7-17(21-14(3)24)18(9-12)22-20(25)15-6-8-19-16(11-15)10-13(2)23(19)28(4,26)27/h5-9,11,13H,10H2,1-4H3,(H,21,24)(H,22,25). The highest BCUT2D eigenvalue weighted by Crippen LogP contribution is 2.35. The predicted octanol–water partition coefficient (Wildman–Crippen LogP) is 2.92. The number of nitrogens with zero attached hydrogens (tertiary/aromatic N) is 1. The molecule has 7 nitrogen and oxygen atoms in total. The molecule has 0 bridgehead atoms. The molecule has 28 heavy (non-hydrogen) atoms. The summed E-state index contributed by atoms with van der Waals surface area (Å²) in [6.07, 6.45) is 1.73. The Morgan fingerprint density at radius 1 is 1.07 bits per heavy atom. The van der Waals surface area contributed by atoms with Crippen molar-refractivity contribution >= 4 is 38.9 Å². The Morgan fingerprint density at radius 3 is 2.43 bits per heavy atom. The van der Waals surface area contributed by atoms with Crippen molar-refractivity contribution in [2.75, 3.05) is 21.2 Å². The predicted molar refractivity (Wildman–Crippen MR) is 110 cm³/mol. The summed E-state index contributed by atoms with van der Waals surface area (Å²) in [7, 11) is -3.38. The lowest BCUT2D eigenvalue weighted by molar-refractivity contribution is -0.114. The highest BCUT2D eigenvalue weighted by Gasteiger charge is 2.32. The van der Waals surface area contributed by atoms with Gasteiger partial charge in [0.2, 0.25) is 15.9 Å².